The second-order valence-electron chi connectivity index (χ2n) is 29.5. The van der Waals surface area contributed by atoms with Crippen LogP contribution in [0.15, 0.2) is 310 Å². The molecule has 0 unspecified atom stereocenters. The molecular formula is C103H122N6Zr2. The summed E-state index contributed by atoms with van der Waals surface area (Å²) in [6.07, 6.45) is 8.14. The number of benzene rings is 11. The second-order valence-corrected chi connectivity index (χ2v) is 29.5. The van der Waals surface area contributed by atoms with E-state index >= 15 is 0 Å². The van der Waals surface area contributed by atoms with Crippen LogP contribution in [0.25, 0.3) is 28.2 Å². The first-order chi connectivity index (χ1) is 52.0. The summed E-state index contributed by atoms with van der Waals surface area (Å²) in [7, 11) is 0. The van der Waals surface area contributed by atoms with Gasteiger partial charge in [-0.1, -0.05) is 226 Å². The van der Waals surface area contributed by atoms with Crippen molar-refractivity contribution in [3.8, 4) is 22.7 Å². The number of hydrogen-bond donors (Lipinski definition) is 1. The SMILES string of the molecule is CC(C)c1cccc(C(C)C)c1-n1ccn(-c2c(C(C)C)cccc2C(C)C)c1=N.CC(C)c1cccc(C(C)C)c1-n1ccn(-c2c(C(C)C)cccc2C(C)C)c1=[N-].[CH2-]c1ccccc1.[CH2-]c1ccccc1.[CH2-]c1ccccc1.[CH2-]c1ccccc1.[CH2-]c1ccccc1.[CH2-]c1ccccc1.[CH2-]c1ccccc1.[Zr+4].[Zr+4]. The fourth-order valence-electron chi connectivity index (χ4n) is 12.0. The Hall–Kier alpha value is -9.70. The van der Waals surface area contributed by atoms with Gasteiger partial charge in [-0.05, 0) is 116 Å². The molecule has 0 aliphatic heterocycles. The van der Waals surface area contributed by atoms with Crippen LogP contribution in [-0.4, -0.2) is 18.3 Å². The topological polar surface area (TPSA) is 65.9 Å². The van der Waals surface area contributed by atoms with Gasteiger partial charge in [0.15, 0.2) is 0 Å². The predicted molar refractivity (Wildman–Crippen MR) is 472 cm³/mol. The van der Waals surface area contributed by atoms with E-state index in [0.717, 1.165) is 50.3 Å². The van der Waals surface area contributed by atoms with Crippen LogP contribution in [0.2, 0.25) is 0 Å². The molecule has 0 aliphatic rings. The molecule has 0 radical (unpaired) electrons. The van der Waals surface area contributed by atoms with E-state index in [1.807, 2.05) is 234 Å². The van der Waals surface area contributed by atoms with Gasteiger partial charge in [-0.25, -0.2) is 0 Å². The largest absolute Gasteiger partial charge is 4.00 e. The van der Waals surface area contributed by atoms with Crippen LogP contribution in [0, 0.1) is 53.9 Å². The Balaban J connectivity index is 0.000000356. The van der Waals surface area contributed by atoms with Crippen LogP contribution < -0.4 is 11.2 Å². The van der Waals surface area contributed by atoms with Crippen LogP contribution in [-0.2, 0) is 52.4 Å². The van der Waals surface area contributed by atoms with Crippen LogP contribution in [0.4, 0.5) is 0 Å². The number of hydrogen-bond acceptors (Lipinski definition) is 1. The molecule has 0 bridgehead atoms. The maximum atomic E-state index is 11.5. The van der Waals surface area contributed by atoms with E-state index < -0.39 is 0 Å². The Bertz CT molecular complexity index is 3960. The van der Waals surface area contributed by atoms with Gasteiger partial charge in [-0.2, -0.15) is 172 Å². The van der Waals surface area contributed by atoms with Crippen molar-refractivity contribution < 1.29 is 52.4 Å². The second kappa shape index (κ2) is 50.2. The van der Waals surface area contributed by atoms with Gasteiger partial charge in [-0.3, -0.25) is 14.5 Å². The van der Waals surface area contributed by atoms with Gasteiger partial charge in [0.25, 0.3) is 0 Å². The van der Waals surface area contributed by atoms with Gasteiger partial charge in [0.2, 0.25) is 5.62 Å². The summed E-state index contributed by atoms with van der Waals surface area (Å²) in [5, 5.41) is 20.7. The van der Waals surface area contributed by atoms with Crippen molar-refractivity contribution in [1.29, 1.82) is 5.41 Å². The zero-order chi connectivity index (χ0) is 80.1. The van der Waals surface area contributed by atoms with E-state index in [-0.39, 0.29) is 58.0 Å². The van der Waals surface area contributed by atoms with Crippen molar-refractivity contribution in [2.75, 3.05) is 0 Å². The van der Waals surface area contributed by atoms with E-state index in [4.69, 9.17) is 0 Å². The number of para-hydroxylation sites is 4. The molecule has 8 heteroatoms. The van der Waals surface area contributed by atoms with Crippen LogP contribution >= 0.6 is 0 Å². The van der Waals surface area contributed by atoms with Crippen LogP contribution in [0.3, 0.4) is 0 Å². The number of imidazole rings is 2. The molecule has 6 nitrogen and oxygen atoms in total. The predicted octanol–water partition coefficient (Wildman–Crippen LogP) is 27.5. The average Bonchev–Trinajstić information content (AvgIpc) is 1.65. The maximum Gasteiger partial charge on any atom is 4.00 e. The molecule has 0 saturated carbocycles. The molecule has 13 aromatic rings. The maximum absolute atomic E-state index is 11.5. The monoisotopic (exact) mass is 1620 g/mol. The van der Waals surface area contributed by atoms with E-state index in [1.165, 1.54) is 55.9 Å². The minimum absolute atomic E-state index is 0. The first kappa shape index (κ1) is 95.5. The zero-order valence-corrected chi connectivity index (χ0v) is 74.2. The first-order valence-electron chi connectivity index (χ1n) is 38.3. The molecule has 11 aromatic carbocycles. The van der Waals surface area contributed by atoms with Gasteiger partial charge in [0.05, 0.1) is 11.4 Å². The van der Waals surface area contributed by atoms with E-state index in [1.54, 1.807) is 0 Å². The van der Waals surface area contributed by atoms with Crippen molar-refractivity contribution in [1.82, 2.24) is 18.3 Å². The molecule has 0 aliphatic carbocycles. The fourth-order valence-corrected chi connectivity index (χ4v) is 12.0. The third-order valence-corrected chi connectivity index (χ3v) is 17.9. The van der Waals surface area contributed by atoms with Gasteiger partial charge in [0.1, 0.15) is 0 Å². The van der Waals surface area contributed by atoms with Gasteiger partial charge in [-0.15, -0.1) is 84.9 Å². The number of nitrogens with zero attached hydrogens (tertiary/aromatic N) is 5. The summed E-state index contributed by atoms with van der Waals surface area (Å²) < 4.78 is 8.08. The molecule has 2 heterocycles. The van der Waals surface area contributed by atoms with Crippen LogP contribution in [0.1, 0.15) is 242 Å². The number of rotatable bonds is 12. The van der Waals surface area contributed by atoms with Crippen molar-refractivity contribution in [2.45, 2.75) is 158 Å². The average molecular weight is 1630 g/mol. The summed E-state index contributed by atoms with van der Waals surface area (Å²) in [6.45, 7) is 61.6. The summed E-state index contributed by atoms with van der Waals surface area (Å²) in [4.78, 5) is 0. The zero-order valence-electron chi connectivity index (χ0n) is 69.2. The number of nitrogens with one attached hydrogen (secondary N) is 1. The molecule has 13 rings (SSSR count). The fraction of sp³-hybridized carbons (Fsp3) is 0.233. The smallest absolute Gasteiger partial charge is 0.374 e. The molecule has 0 atom stereocenters. The third-order valence-electron chi connectivity index (χ3n) is 17.9. The Labute approximate surface area is 709 Å². The van der Waals surface area contributed by atoms with Crippen molar-refractivity contribution in [2.24, 2.45) is 0 Å². The van der Waals surface area contributed by atoms with Gasteiger partial charge < -0.3 is 14.5 Å². The normalized spacial score (nSPS) is 10.3. The first-order valence-corrected chi connectivity index (χ1v) is 38.3. The molecule has 0 saturated heterocycles. The molecule has 0 fully saturated rings. The summed E-state index contributed by atoms with van der Waals surface area (Å²) >= 11 is 0. The summed E-state index contributed by atoms with van der Waals surface area (Å²) in [6, 6.07) is 95.2. The number of aromatic nitrogens is 4. The Morgan fingerprint density at radius 1 is 0.207 bits per heavy atom. The van der Waals surface area contributed by atoms with E-state index in [9.17, 15) is 10.8 Å². The summed E-state index contributed by atoms with van der Waals surface area (Å²) in [5.74, 6) is 3.02. The molecule has 2 aromatic heterocycles. The van der Waals surface area contributed by atoms with E-state index in [2.05, 4.69) is 254 Å². The van der Waals surface area contributed by atoms with Crippen molar-refractivity contribution in [3.63, 3.8) is 0 Å². The molecule has 0 spiro atoms. The third kappa shape index (κ3) is 31.2. The summed E-state index contributed by atoms with van der Waals surface area (Å²) in [5.41, 5.74) is 23.0. The van der Waals surface area contributed by atoms with Crippen molar-refractivity contribution >= 4 is 0 Å². The standard InChI is InChI=1S/C27H37N3.C27H36N3.7C7H7.2Zr/c2*1-17(2)21-11-9-12-22(18(3)4)25(21)29-15-16-30(27(29)28)26-23(19(5)6)13-10-14-24(26)20(7)8;7*1-7-5-3-2-4-6-7;;/h9-20,28H,1-8H3;9-20H,1-8H3;7*2-6H,1H2;;/q;8*-1;2*+4. The molecule has 1 N–H and O–H groups in total. The Kier molecular flexibility index (Phi) is 43.2. The van der Waals surface area contributed by atoms with E-state index in [0.29, 0.717) is 53.0 Å². The van der Waals surface area contributed by atoms with Crippen molar-refractivity contribution in [3.05, 3.63) is 458 Å². The molecule has 0 amide bonds. The molecule has 111 heavy (non-hydrogen) atoms. The van der Waals surface area contributed by atoms with Crippen LogP contribution in [0.5, 0.6) is 0 Å². The Morgan fingerprint density at radius 2 is 0.333 bits per heavy atom. The quantitative estimate of drug-likeness (QED) is 0.119. The minimum atomic E-state index is 0. The minimum Gasteiger partial charge on any atom is -0.374 e. The van der Waals surface area contributed by atoms with Gasteiger partial charge in [0, 0.05) is 18.0 Å². The molecular weight excluding hydrogens is 1500 g/mol. The molecule has 572 valence electrons. The van der Waals surface area contributed by atoms with Gasteiger partial charge >= 0.3 is 52.4 Å². The Morgan fingerprint density at radius 3 is 0.450 bits per heavy atom.